The van der Waals surface area contributed by atoms with E-state index < -0.39 is 5.91 Å². The molecule has 88 valence electrons. The number of hydrogen-bond acceptors (Lipinski definition) is 2. The van der Waals surface area contributed by atoms with Gasteiger partial charge in [-0.1, -0.05) is 15.9 Å². The van der Waals surface area contributed by atoms with Crippen molar-refractivity contribution in [1.29, 1.82) is 0 Å². The number of benzene rings is 1. The third-order valence-electron chi connectivity index (χ3n) is 2.57. The van der Waals surface area contributed by atoms with Crippen molar-refractivity contribution in [1.82, 2.24) is 0 Å². The van der Waals surface area contributed by atoms with Crippen molar-refractivity contribution in [3.8, 4) is 11.3 Å². The molecule has 0 aliphatic heterocycles. The van der Waals surface area contributed by atoms with Gasteiger partial charge in [0, 0.05) is 10.0 Å². The van der Waals surface area contributed by atoms with Gasteiger partial charge >= 0.3 is 0 Å². The molecule has 0 fully saturated rings. The fourth-order valence-electron chi connectivity index (χ4n) is 1.71. The smallest absolute Gasteiger partial charge is 0.284 e. The number of amides is 1. The molecule has 1 amide bonds. The number of rotatable bonds is 2. The summed E-state index contributed by atoms with van der Waals surface area (Å²) >= 11 is 3.51. The van der Waals surface area contributed by atoms with Crippen LogP contribution in [0.25, 0.3) is 11.3 Å². The van der Waals surface area contributed by atoms with Crippen molar-refractivity contribution >= 4 is 21.8 Å². The van der Waals surface area contributed by atoms with Crippen molar-refractivity contribution in [2.45, 2.75) is 13.8 Å². The SMILES string of the molecule is Cc1cc(-c2ccc(C(N)=O)o2)cc(C)c1Br. The maximum atomic E-state index is 11.0. The van der Waals surface area contributed by atoms with E-state index in [1.165, 1.54) is 0 Å². The van der Waals surface area contributed by atoms with Crippen LogP contribution in [0.2, 0.25) is 0 Å². The van der Waals surface area contributed by atoms with Gasteiger partial charge in [0.25, 0.3) is 5.91 Å². The standard InChI is InChI=1S/C13H12BrNO2/c1-7-5-9(6-8(2)12(7)14)10-3-4-11(17-10)13(15)16/h3-6H,1-2H3,(H2,15,16). The van der Waals surface area contributed by atoms with Gasteiger partial charge in [0.1, 0.15) is 5.76 Å². The molecule has 0 unspecified atom stereocenters. The molecular weight excluding hydrogens is 282 g/mol. The normalized spacial score (nSPS) is 10.5. The summed E-state index contributed by atoms with van der Waals surface area (Å²) in [6.45, 7) is 4.02. The molecule has 17 heavy (non-hydrogen) atoms. The number of nitrogens with two attached hydrogens (primary N) is 1. The molecule has 0 saturated carbocycles. The summed E-state index contributed by atoms with van der Waals surface area (Å²) in [6, 6.07) is 7.34. The fourth-order valence-corrected chi connectivity index (χ4v) is 1.94. The Morgan fingerprint density at radius 2 is 1.82 bits per heavy atom. The summed E-state index contributed by atoms with van der Waals surface area (Å²) in [5, 5.41) is 0. The maximum Gasteiger partial charge on any atom is 0.284 e. The molecule has 0 aliphatic carbocycles. The second kappa shape index (κ2) is 4.37. The quantitative estimate of drug-likeness (QED) is 0.922. The Kier molecular flexibility index (Phi) is 3.07. The zero-order valence-corrected chi connectivity index (χ0v) is 11.2. The van der Waals surface area contributed by atoms with Gasteiger partial charge < -0.3 is 10.2 Å². The van der Waals surface area contributed by atoms with Crippen LogP contribution in [0.3, 0.4) is 0 Å². The van der Waals surface area contributed by atoms with E-state index in [-0.39, 0.29) is 5.76 Å². The average Bonchev–Trinajstić information content (AvgIpc) is 2.74. The first kappa shape index (κ1) is 11.9. The van der Waals surface area contributed by atoms with Crippen LogP contribution in [0.1, 0.15) is 21.7 Å². The van der Waals surface area contributed by atoms with Crippen molar-refractivity contribution in [2.75, 3.05) is 0 Å². The predicted molar refractivity (Wildman–Crippen MR) is 69.8 cm³/mol. The molecule has 1 aromatic carbocycles. The highest BCUT2D eigenvalue weighted by molar-refractivity contribution is 9.10. The Bertz CT molecular complexity index is 564. The van der Waals surface area contributed by atoms with Crippen LogP contribution in [0.4, 0.5) is 0 Å². The molecule has 2 N–H and O–H groups in total. The van der Waals surface area contributed by atoms with Gasteiger partial charge in [0.2, 0.25) is 0 Å². The van der Waals surface area contributed by atoms with E-state index in [0.717, 1.165) is 21.2 Å². The molecule has 0 saturated heterocycles. The van der Waals surface area contributed by atoms with Crippen molar-refractivity contribution in [3.05, 3.63) is 45.6 Å². The first-order valence-corrected chi connectivity index (χ1v) is 5.95. The van der Waals surface area contributed by atoms with E-state index in [0.29, 0.717) is 5.76 Å². The minimum atomic E-state index is -0.554. The topological polar surface area (TPSA) is 56.2 Å². The lowest BCUT2D eigenvalue weighted by atomic mass is 10.1. The number of carbonyl (C=O) groups excluding carboxylic acids is 1. The van der Waals surface area contributed by atoms with E-state index in [4.69, 9.17) is 10.2 Å². The molecule has 3 nitrogen and oxygen atoms in total. The molecule has 0 spiro atoms. The van der Waals surface area contributed by atoms with Gasteiger partial charge in [-0.15, -0.1) is 0 Å². The van der Waals surface area contributed by atoms with Crippen LogP contribution in [-0.4, -0.2) is 5.91 Å². The first-order chi connectivity index (χ1) is 7.99. The lowest BCUT2D eigenvalue weighted by Crippen LogP contribution is -2.09. The molecular formula is C13H12BrNO2. The third kappa shape index (κ3) is 2.26. The van der Waals surface area contributed by atoms with Gasteiger partial charge in [-0.05, 0) is 49.2 Å². The Balaban J connectivity index is 2.49. The Hall–Kier alpha value is -1.55. The zero-order chi connectivity index (χ0) is 12.6. The highest BCUT2D eigenvalue weighted by atomic mass is 79.9. The summed E-state index contributed by atoms with van der Waals surface area (Å²) in [7, 11) is 0. The van der Waals surface area contributed by atoms with E-state index in [2.05, 4.69) is 15.9 Å². The van der Waals surface area contributed by atoms with Crippen molar-refractivity contribution in [3.63, 3.8) is 0 Å². The number of carbonyl (C=O) groups is 1. The van der Waals surface area contributed by atoms with Gasteiger partial charge in [-0.2, -0.15) is 0 Å². The second-order valence-electron chi connectivity index (χ2n) is 3.95. The molecule has 0 radical (unpaired) electrons. The molecule has 2 aromatic rings. The van der Waals surface area contributed by atoms with Gasteiger partial charge in [0.15, 0.2) is 5.76 Å². The summed E-state index contributed by atoms with van der Waals surface area (Å²) < 4.78 is 6.48. The molecule has 1 heterocycles. The Morgan fingerprint density at radius 3 is 2.29 bits per heavy atom. The van der Waals surface area contributed by atoms with Crippen molar-refractivity contribution in [2.24, 2.45) is 5.73 Å². The van der Waals surface area contributed by atoms with E-state index in [1.54, 1.807) is 12.1 Å². The molecule has 2 rings (SSSR count). The van der Waals surface area contributed by atoms with Crippen LogP contribution >= 0.6 is 15.9 Å². The lowest BCUT2D eigenvalue weighted by molar-refractivity contribution is 0.0975. The second-order valence-corrected chi connectivity index (χ2v) is 4.75. The van der Waals surface area contributed by atoms with Crippen LogP contribution in [0.5, 0.6) is 0 Å². The van der Waals surface area contributed by atoms with Crippen molar-refractivity contribution < 1.29 is 9.21 Å². The number of furan rings is 1. The molecule has 0 aliphatic rings. The van der Waals surface area contributed by atoms with E-state index in [9.17, 15) is 4.79 Å². The summed E-state index contributed by atoms with van der Waals surface area (Å²) in [5.74, 6) is 0.275. The molecule has 0 atom stereocenters. The van der Waals surface area contributed by atoms with E-state index >= 15 is 0 Å². The average molecular weight is 294 g/mol. The molecule has 4 heteroatoms. The van der Waals surface area contributed by atoms with Gasteiger partial charge in [-0.25, -0.2) is 0 Å². The lowest BCUT2D eigenvalue weighted by Gasteiger charge is -2.05. The third-order valence-corrected chi connectivity index (χ3v) is 3.82. The number of halogens is 1. The number of primary amides is 1. The fraction of sp³-hybridized carbons (Fsp3) is 0.154. The van der Waals surface area contributed by atoms with E-state index in [1.807, 2.05) is 26.0 Å². The Labute approximate surface area is 108 Å². The summed E-state index contributed by atoms with van der Waals surface area (Å²) in [6.07, 6.45) is 0. The van der Waals surface area contributed by atoms with Gasteiger partial charge in [-0.3, -0.25) is 4.79 Å². The summed E-state index contributed by atoms with van der Waals surface area (Å²) in [5.41, 5.74) is 8.33. The monoisotopic (exact) mass is 293 g/mol. The Morgan fingerprint density at radius 1 is 1.24 bits per heavy atom. The largest absolute Gasteiger partial charge is 0.451 e. The van der Waals surface area contributed by atoms with Crippen LogP contribution in [0, 0.1) is 13.8 Å². The van der Waals surface area contributed by atoms with Crippen LogP contribution < -0.4 is 5.73 Å². The predicted octanol–water partition coefficient (Wildman–Crippen LogP) is 3.42. The highest BCUT2D eigenvalue weighted by Gasteiger charge is 2.10. The minimum Gasteiger partial charge on any atom is -0.451 e. The first-order valence-electron chi connectivity index (χ1n) is 5.16. The maximum absolute atomic E-state index is 11.0. The van der Waals surface area contributed by atoms with Crippen LogP contribution in [0.15, 0.2) is 33.2 Å². The number of hydrogen-bond donors (Lipinski definition) is 1. The summed E-state index contributed by atoms with van der Waals surface area (Å²) in [4.78, 5) is 11.0. The molecule has 1 aromatic heterocycles. The highest BCUT2D eigenvalue weighted by Crippen LogP contribution is 2.29. The minimum absolute atomic E-state index is 0.179. The van der Waals surface area contributed by atoms with Gasteiger partial charge in [0.05, 0.1) is 0 Å². The molecule has 0 bridgehead atoms. The number of aryl methyl sites for hydroxylation is 2. The van der Waals surface area contributed by atoms with Crippen LogP contribution in [-0.2, 0) is 0 Å². The zero-order valence-electron chi connectivity index (χ0n) is 9.58.